The highest BCUT2D eigenvalue weighted by molar-refractivity contribution is 5.94. The molecule has 0 aromatic carbocycles. The number of hydrogen-bond donors (Lipinski definition) is 4. The normalized spacial score (nSPS) is 29.1. The summed E-state index contributed by atoms with van der Waals surface area (Å²) in [5.41, 5.74) is 5.12. The number of aliphatic hydroxyl groups is 2. The molecule has 1 rings (SSSR count). The first-order valence-electron chi connectivity index (χ1n) is 6.14. The molecule has 1 aliphatic heterocycles. The predicted molar refractivity (Wildman–Crippen MR) is 67.7 cm³/mol. The first-order chi connectivity index (χ1) is 9.50. The molecule has 1 saturated heterocycles. The summed E-state index contributed by atoms with van der Waals surface area (Å²) >= 11 is 0. The molecule has 0 radical (unpaired) electrons. The van der Waals surface area contributed by atoms with Crippen molar-refractivity contribution in [1.82, 2.24) is 9.80 Å². The quantitative estimate of drug-likeness (QED) is 0.420. The number of β-amino-alcohol motifs (C(OH)–C–C–N with tert-alkyl or cyclic N) is 2. The Kier molecular flexibility index (Phi) is 4.25. The van der Waals surface area contributed by atoms with Gasteiger partial charge in [-0.3, -0.25) is 29.0 Å². The highest BCUT2D eigenvalue weighted by Gasteiger charge is 2.58. The van der Waals surface area contributed by atoms with Gasteiger partial charge in [-0.25, -0.2) is 0 Å². The molecule has 0 aromatic heterocycles. The zero-order valence-corrected chi connectivity index (χ0v) is 11.7. The molecule has 118 valence electrons. The molecule has 6 N–H and O–H groups in total. The number of carbonyl (C=O) groups excluding carboxylic acids is 4. The fraction of sp³-hybridized carbons (Fsp3) is 0.636. The van der Waals surface area contributed by atoms with Crippen molar-refractivity contribution in [3.8, 4) is 0 Å². The predicted octanol–water partition coefficient (Wildman–Crippen LogP) is -3.57. The van der Waals surface area contributed by atoms with Crippen LogP contribution in [0.4, 0.5) is 0 Å². The third-order valence-corrected chi connectivity index (χ3v) is 3.42. The Hall–Kier alpha value is -2.20. The Morgan fingerprint density at radius 1 is 1.00 bits per heavy atom. The van der Waals surface area contributed by atoms with Gasteiger partial charge in [-0.1, -0.05) is 6.92 Å². The van der Waals surface area contributed by atoms with Gasteiger partial charge < -0.3 is 21.7 Å². The van der Waals surface area contributed by atoms with E-state index in [2.05, 4.69) is 0 Å². The van der Waals surface area contributed by atoms with E-state index in [1.807, 2.05) is 0 Å². The van der Waals surface area contributed by atoms with Crippen LogP contribution in [0.5, 0.6) is 0 Å². The minimum absolute atomic E-state index is 0.121. The Morgan fingerprint density at radius 2 is 1.38 bits per heavy atom. The Bertz CT molecular complexity index is 509. The number of primary amides is 2. The average molecular weight is 302 g/mol. The summed E-state index contributed by atoms with van der Waals surface area (Å²) in [6, 6.07) is 0. The fourth-order valence-electron chi connectivity index (χ4n) is 2.15. The highest BCUT2D eigenvalue weighted by Crippen LogP contribution is 2.29. The molecule has 10 nitrogen and oxygen atoms in total. The summed E-state index contributed by atoms with van der Waals surface area (Å²) in [7, 11) is 0. The van der Waals surface area contributed by atoms with Gasteiger partial charge in [-0.05, 0) is 0 Å². The van der Waals surface area contributed by atoms with Crippen LogP contribution < -0.4 is 11.5 Å². The summed E-state index contributed by atoms with van der Waals surface area (Å²) in [4.78, 5) is 47.5. The van der Waals surface area contributed by atoms with Gasteiger partial charge >= 0.3 is 0 Å². The second kappa shape index (κ2) is 5.30. The van der Waals surface area contributed by atoms with Crippen molar-refractivity contribution >= 4 is 23.6 Å². The maximum atomic E-state index is 11.9. The van der Waals surface area contributed by atoms with Gasteiger partial charge in [0.25, 0.3) is 11.8 Å². The van der Waals surface area contributed by atoms with E-state index in [4.69, 9.17) is 11.5 Å². The summed E-state index contributed by atoms with van der Waals surface area (Å²) < 4.78 is 0. The molecule has 10 heteroatoms. The van der Waals surface area contributed by atoms with Crippen LogP contribution in [0.2, 0.25) is 0 Å². The first-order valence-corrected chi connectivity index (χ1v) is 6.14. The summed E-state index contributed by atoms with van der Waals surface area (Å²) in [5, 5.41) is 20.6. The second-order valence-corrected chi connectivity index (χ2v) is 4.80. The van der Waals surface area contributed by atoms with Crippen LogP contribution in [-0.4, -0.2) is 68.2 Å². The van der Waals surface area contributed by atoms with Crippen LogP contribution in [0.25, 0.3) is 0 Å². The van der Waals surface area contributed by atoms with Crippen LogP contribution in [0.3, 0.4) is 0 Å². The summed E-state index contributed by atoms with van der Waals surface area (Å²) in [6.45, 7) is 0.744. The molecule has 0 aliphatic carbocycles. The van der Waals surface area contributed by atoms with E-state index in [1.54, 1.807) is 0 Å². The first kappa shape index (κ1) is 16.9. The lowest BCUT2D eigenvalue weighted by Gasteiger charge is -2.51. The molecule has 0 bridgehead atoms. The number of nitrogens with zero attached hydrogens (tertiary/aromatic N) is 2. The smallest absolute Gasteiger partial charge is 0.272 e. The Balaban J connectivity index is 3.40. The van der Waals surface area contributed by atoms with Crippen molar-refractivity contribution < 1.29 is 29.4 Å². The highest BCUT2D eigenvalue weighted by atomic mass is 16.4. The zero-order valence-electron chi connectivity index (χ0n) is 11.7. The zero-order chi connectivity index (χ0) is 16.6. The Labute approximate surface area is 120 Å². The third kappa shape index (κ3) is 2.54. The number of piperazine rings is 1. The molecule has 21 heavy (non-hydrogen) atoms. The number of amides is 4. The lowest BCUT2D eigenvalue weighted by Crippen LogP contribution is -2.79. The van der Waals surface area contributed by atoms with Crippen LogP contribution in [-0.2, 0) is 19.2 Å². The molecule has 1 aliphatic rings. The molecule has 4 amide bonds. The molecule has 0 spiro atoms. The topological polar surface area (TPSA) is 167 Å². The SMILES string of the molecule is CCC(=O)N1C[C@@](O)(C(N)=O)N(C(C)=O)C[C@@]1(O)C(N)=O. The largest absolute Gasteiger partial charge is 0.365 e. The molecular formula is C11H18N4O6. The fourth-order valence-corrected chi connectivity index (χ4v) is 2.15. The lowest BCUT2D eigenvalue weighted by atomic mass is 9.98. The van der Waals surface area contributed by atoms with Gasteiger partial charge in [0.2, 0.25) is 23.3 Å². The molecule has 0 saturated carbocycles. The molecule has 0 unspecified atom stereocenters. The molecule has 1 fully saturated rings. The van der Waals surface area contributed by atoms with E-state index in [0.717, 1.165) is 6.92 Å². The number of hydrogen-bond acceptors (Lipinski definition) is 6. The van der Waals surface area contributed by atoms with E-state index in [0.29, 0.717) is 9.80 Å². The minimum atomic E-state index is -2.53. The van der Waals surface area contributed by atoms with Gasteiger partial charge in [0.15, 0.2) is 0 Å². The van der Waals surface area contributed by atoms with Crippen molar-refractivity contribution in [3.63, 3.8) is 0 Å². The van der Waals surface area contributed by atoms with Crippen LogP contribution in [0, 0.1) is 0 Å². The van der Waals surface area contributed by atoms with E-state index in [-0.39, 0.29) is 6.42 Å². The van der Waals surface area contributed by atoms with Crippen LogP contribution in [0.15, 0.2) is 0 Å². The van der Waals surface area contributed by atoms with Crippen LogP contribution >= 0.6 is 0 Å². The Morgan fingerprint density at radius 3 is 1.71 bits per heavy atom. The standard InChI is InChI=1S/C11H18N4O6/c1-3-7(17)15-5-10(20,8(12)18)14(6(2)16)4-11(15,21)9(13)19/h20-21H,3-5H2,1-2H3,(H2,12,18)(H2,13,19)/t10-,11-/m1/s1. The second-order valence-electron chi connectivity index (χ2n) is 4.80. The molecular weight excluding hydrogens is 284 g/mol. The molecule has 0 aromatic rings. The van der Waals surface area contributed by atoms with E-state index in [9.17, 15) is 29.4 Å². The van der Waals surface area contributed by atoms with E-state index < -0.39 is 48.2 Å². The third-order valence-electron chi connectivity index (χ3n) is 3.42. The van der Waals surface area contributed by atoms with Crippen molar-refractivity contribution in [2.75, 3.05) is 13.1 Å². The van der Waals surface area contributed by atoms with Crippen molar-refractivity contribution in [2.45, 2.75) is 31.7 Å². The van der Waals surface area contributed by atoms with Crippen molar-refractivity contribution in [1.29, 1.82) is 0 Å². The van der Waals surface area contributed by atoms with E-state index >= 15 is 0 Å². The summed E-state index contributed by atoms with van der Waals surface area (Å²) in [5.74, 6) is -4.14. The van der Waals surface area contributed by atoms with Crippen molar-refractivity contribution in [2.24, 2.45) is 11.5 Å². The van der Waals surface area contributed by atoms with Gasteiger partial charge in [0, 0.05) is 13.3 Å². The van der Waals surface area contributed by atoms with Gasteiger partial charge in [-0.15, -0.1) is 0 Å². The van der Waals surface area contributed by atoms with Gasteiger partial charge in [0.05, 0.1) is 13.1 Å². The molecule has 2 atom stereocenters. The van der Waals surface area contributed by atoms with Gasteiger partial charge in [0.1, 0.15) is 0 Å². The van der Waals surface area contributed by atoms with E-state index in [1.165, 1.54) is 6.92 Å². The minimum Gasteiger partial charge on any atom is -0.365 e. The van der Waals surface area contributed by atoms with Gasteiger partial charge in [-0.2, -0.15) is 0 Å². The lowest BCUT2D eigenvalue weighted by molar-refractivity contribution is -0.231. The monoisotopic (exact) mass is 302 g/mol. The average Bonchev–Trinajstić information content (AvgIpc) is 2.39. The number of nitrogens with two attached hydrogens (primary N) is 2. The summed E-state index contributed by atoms with van der Waals surface area (Å²) in [6.07, 6.45) is -0.121. The maximum absolute atomic E-state index is 11.9. The molecule has 1 heterocycles. The number of rotatable bonds is 3. The van der Waals surface area contributed by atoms with Crippen molar-refractivity contribution in [3.05, 3.63) is 0 Å². The number of carbonyl (C=O) groups is 4. The maximum Gasteiger partial charge on any atom is 0.272 e. The van der Waals surface area contributed by atoms with Crippen LogP contribution in [0.1, 0.15) is 20.3 Å².